The summed E-state index contributed by atoms with van der Waals surface area (Å²) in [5.74, 6) is 0. The lowest BCUT2D eigenvalue weighted by molar-refractivity contribution is -0.384. The Morgan fingerprint density at radius 1 is 1.29 bits per heavy atom. The normalized spacial score (nSPS) is 11.4. The Balaban J connectivity index is 2.41. The standard InChI is InChI=1S/C10H5BrCl2N2O4S2/c11-5-1-2-6(12)7(3-5)14-21(18,19)9-4-8(15(16)17)10(13)20-9/h1-4,14H. The second-order valence-electron chi connectivity index (χ2n) is 3.71. The van der Waals surface area contributed by atoms with Crippen LogP contribution in [0.4, 0.5) is 11.4 Å². The molecule has 0 spiro atoms. The van der Waals surface area contributed by atoms with Gasteiger partial charge in [0, 0.05) is 10.5 Å². The molecule has 0 saturated carbocycles. The third kappa shape index (κ3) is 3.67. The molecule has 0 radical (unpaired) electrons. The molecular weight excluding hydrogens is 427 g/mol. The Hall–Kier alpha value is -0.870. The van der Waals surface area contributed by atoms with Gasteiger partial charge in [-0.1, -0.05) is 39.1 Å². The monoisotopic (exact) mass is 430 g/mol. The molecule has 11 heteroatoms. The van der Waals surface area contributed by atoms with E-state index >= 15 is 0 Å². The third-order valence-corrected chi connectivity index (χ3v) is 6.28. The molecule has 6 nitrogen and oxygen atoms in total. The van der Waals surface area contributed by atoms with Gasteiger partial charge in [0.05, 0.1) is 15.6 Å². The van der Waals surface area contributed by atoms with Crippen LogP contribution in [0.1, 0.15) is 0 Å². The van der Waals surface area contributed by atoms with Gasteiger partial charge >= 0.3 is 0 Å². The van der Waals surface area contributed by atoms with Gasteiger partial charge in [0.15, 0.2) is 4.34 Å². The fourth-order valence-corrected chi connectivity index (χ4v) is 4.68. The van der Waals surface area contributed by atoms with E-state index < -0.39 is 20.6 Å². The van der Waals surface area contributed by atoms with E-state index in [4.69, 9.17) is 23.2 Å². The van der Waals surface area contributed by atoms with Crippen molar-refractivity contribution in [3.63, 3.8) is 0 Å². The third-order valence-electron chi connectivity index (χ3n) is 2.28. The number of halogens is 3. The lowest BCUT2D eigenvalue weighted by Gasteiger charge is -2.08. The Kier molecular flexibility index (Phi) is 4.79. The summed E-state index contributed by atoms with van der Waals surface area (Å²) in [7, 11) is -4.01. The minimum Gasteiger partial charge on any atom is -0.277 e. The highest BCUT2D eigenvalue weighted by Gasteiger charge is 2.25. The molecule has 2 rings (SSSR count). The van der Waals surface area contributed by atoms with Crippen molar-refractivity contribution in [2.24, 2.45) is 0 Å². The molecule has 112 valence electrons. The number of rotatable bonds is 4. The highest BCUT2D eigenvalue weighted by molar-refractivity contribution is 9.10. The lowest BCUT2D eigenvalue weighted by atomic mass is 10.3. The second kappa shape index (κ2) is 6.09. The van der Waals surface area contributed by atoms with Crippen LogP contribution < -0.4 is 4.72 Å². The number of benzene rings is 1. The maximum atomic E-state index is 12.2. The molecule has 1 aromatic carbocycles. The number of hydrogen-bond donors (Lipinski definition) is 1. The van der Waals surface area contributed by atoms with Crippen LogP contribution in [0.25, 0.3) is 0 Å². The SMILES string of the molecule is O=[N+]([O-])c1cc(S(=O)(=O)Nc2cc(Br)ccc2Cl)sc1Cl. The van der Waals surface area contributed by atoms with E-state index in [-0.39, 0.29) is 19.3 Å². The quantitative estimate of drug-likeness (QED) is 0.568. The number of nitro groups is 1. The van der Waals surface area contributed by atoms with Crippen LogP contribution >= 0.6 is 50.5 Å². The molecule has 21 heavy (non-hydrogen) atoms. The van der Waals surface area contributed by atoms with E-state index in [1.54, 1.807) is 6.07 Å². The van der Waals surface area contributed by atoms with Crippen LogP contribution in [-0.2, 0) is 10.0 Å². The van der Waals surface area contributed by atoms with Gasteiger partial charge in [-0.25, -0.2) is 8.42 Å². The molecule has 1 heterocycles. The van der Waals surface area contributed by atoms with E-state index in [2.05, 4.69) is 20.7 Å². The van der Waals surface area contributed by atoms with Gasteiger partial charge in [-0.05, 0) is 18.2 Å². The molecule has 0 aliphatic heterocycles. The predicted octanol–water partition coefficient (Wildman–Crippen LogP) is 4.53. The molecule has 0 fully saturated rings. The zero-order valence-corrected chi connectivity index (χ0v) is 14.6. The number of anilines is 1. The van der Waals surface area contributed by atoms with Gasteiger partial charge < -0.3 is 0 Å². The fourth-order valence-electron chi connectivity index (χ4n) is 1.37. The minimum absolute atomic E-state index is 0.151. The lowest BCUT2D eigenvalue weighted by Crippen LogP contribution is -2.11. The van der Waals surface area contributed by atoms with E-state index in [0.29, 0.717) is 15.8 Å². The zero-order valence-electron chi connectivity index (χ0n) is 9.84. The highest BCUT2D eigenvalue weighted by Crippen LogP contribution is 2.37. The van der Waals surface area contributed by atoms with Gasteiger partial charge in [-0.2, -0.15) is 0 Å². The molecule has 0 saturated heterocycles. The molecule has 0 aliphatic rings. The number of thiophene rings is 1. The highest BCUT2D eigenvalue weighted by atomic mass is 79.9. The largest absolute Gasteiger partial charge is 0.300 e. The van der Waals surface area contributed by atoms with Gasteiger partial charge in [0.1, 0.15) is 4.21 Å². The molecule has 2 aromatic rings. The summed E-state index contributed by atoms with van der Waals surface area (Å²) >= 11 is 15.3. The average Bonchev–Trinajstić information content (AvgIpc) is 2.77. The first kappa shape index (κ1) is 16.5. The zero-order chi connectivity index (χ0) is 15.8. The molecular formula is C10H5BrCl2N2O4S2. The fraction of sp³-hybridized carbons (Fsp3) is 0. The van der Waals surface area contributed by atoms with Crippen molar-refractivity contribution in [1.29, 1.82) is 0 Å². The van der Waals surface area contributed by atoms with Crippen molar-refractivity contribution in [1.82, 2.24) is 0 Å². The number of hydrogen-bond acceptors (Lipinski definition) is 5. The van der Waals surface area contributed by atoms with Gasteiger partial charge in [-0.15, -0.1) is 11.3 Å². The molecule has 0 amide bonds. The van der Waals surface area contributed by atoms with Crippen LogP contribution in [0, 0.1) is 10.1 Å². The first-order chi connectivity index (χ1) is 9.70. The smallest absolute Gasteiger partial charge is 0.277 e. The molecule has 1 N–H and O–H groups in total. The first-order valence-corrected chi connectivity index (χ1v) is 8.97. The summed E-state index contributed by atoms with van der Waals surface area (Å²) in [5, 5.41) is 10.9. The predicted molar refractivity (Wildman–Crippen MR) is 85.9 cm³/mol. The summed E-state index contributed by atoms with van der Waals surface area (Å²) in [6, 6.07) is 5.53. The topological polar surface area (TPSA) is 89.3 Å². The van der Waals surface area contributed by atoms with Gasteiger partial charge in [0.25, 0.3) is 15.7 Å². The Bertz CT molecular complexity index is 822. The number of nitrogens with one attached hydrogen (secondary N) is 1. The molecule has 1 aromatic heterocycles. The van der Waals surface area contributed by atoms with E-state index in [9.17, 15) is 18.5 Å². The van der Waals surface area contributed by atoms with Gasteiger partial charge in [0.2, 0.25) is 0 Å². The van der Waals surface area contributed by atoms with Crippen molar-refractivity contribution in [2.75, 3.05) is 4.72 Å². The molecule has 0 aliphatic carbocycles. The minimum atomic E-state index is -4.01. The number of sulfonamides is 1. The summed E-state index contributed by atoms with van der Waals surface area (Å²) < 4.78 is 26.8. The number of nitrogens with zero attached hydrogens (tertiary/aromatic N) is 1. The maximum absolute atomic E-state index is 12.2. The molecule has 0 bridgehead atoms. The summed E-state index contributed by atoms with van der Waals surface area (Å²) in [6.45, 7) is 0. The van der Waals surface area contributed by atoms with Crippen molar-refractivity contribution in [3.8, 4) is 0 Å². The van der Waals surface area contributed by atoms with Crippen LogP contribution in [0.3, 0.4) is 0 Å². The van der Waals surface area contributed by atoms with E-state index in [1.807, 2.05) is 0 Å². The van der Waals surface area contributed by atoms with Gasteiger partial charge in [-0.3, -0.25) is 14.8 Å². The summed E-state index contributed by atoms with van der Waals surface area (Å²) in [4.78, 5) is 9.96. The average molecular weight is 432 g/mol. The first-order valence-electron chi connectivity index (χ1n) is 5.12. The summed E-state index contributed by atoms with van der Waals surface area (Å²) in [5.41, 5.74) is -0.305. The Morgan fingerprint density at radius 3 is 2.52 bits per heavy atom. The summed E-state index contributed by atoms with van der Waals surface area (Å²) in [6.07, 6.45) is 0. The van der Waals surface area contributed by atoms with Crippen LogP contribution in [0.5, 0.6) is 0 Å². The molecule has 0 atom stereocenters. The van der Waals surface area contributed by atoms with Crippen LogP contribution in [-0.4, -0.2) is 13.3 Å². The van der Waals surface area contributed by atoms with E-state index in [1.165, 1.54) is 12.1 Å². The van der Waals surface area contributed by atoms with Crippen LogP contribution in [0.2, 0.25) is 9.36 Å². The van der Waals surface area contributed by atoms with Crippen LogP contribution in [0.15, 0.2) is 32.9 Å². The van der Waals surface area contributed by atoms with E-state index in [0.717, 1.165) is 6.07 Å². The van der Waals surface area contributed by atoms with Crippen molar-refractivity contribution in [3.05, 3.63) is 48.2 Å². The maximum Gasteiger partial charge on any atom is 0.300 e. The Labute approximate surface area is 142 Å². The van der Waals surface area contributed by atoms with Crippen molar-refractivity contribution >= 4 is 71.9 Å². The molecule has 0 unspecified atom stereocenters. The van der Waals surface area contributed by atoms with Crippen molar-refractivity contribution in [2.45, 2.75) is 4.21 Å². The van der Waals surface area contributed by atoms with Crippen molar-refractivity contribution < 1.29 is 13.3 Å². The Morgan fingerprint density at radius 2 is 1.95 bits per heavy atom. The second-order valence-corrected chi connectivity index (χ2v) is 8.60.